The highest BCUT2D eigenvalue weighted by molar-refractivity contribution is 5.46. The Hall–Kier alpha value is -1.32. The number of quaternary nitrogens is 1. The van der Waals surface area contributed by atoms with Crippen molar-refractivity contribution >= 4 is 5.69 Å². The van der Waals surface area contributed by atoms with Gasteiger partial charge in [0.15, 0.2) is 5.69 Å². The van der Waals surface area contributed by atoms with Gasteiger partial charge in [-0.05, 0) is 19.9 Å². The van der Waals surface area contributed by atoms with Crippen LogP contribution in [0.4, 0.5) is 5.69 Å². The number of nitrogens with one attached hydrogen (secondary N) is 1. The van der Waals surface area contributed by atoms with Crippen LogP contribution in [0.15, 0.2) is 42.1 Å². The summed E-state index contributed by atoms with van der Waals surface area (Å²) in [6.45, 7) is 3.83. The van der Waals surface area contributed by atoms with Gasteiger partial charge in [0, 0.05) is 12.1 Å². The molecule has 0 aromatic heterocycles. The largest absolute Gasteiger partial charge is 0.601 e. The molecule has 1 N–H and O–H groups in total. The second-order valence-electron chi connectivity index (χ2n) is 3.70. The number of nitrogens with zero attached hydrogens (tertiary/aromatic N) is 1. The molecule has 0 saturated carbocycles. The van der Waals surface area contributed by atoms with Crippen LogP contribution in [0.5, 0.6) is 0 Å². The van der Waals surface area contributed by atoms with Gasteiger partial charge in [-0.1, -0.05) is 18.2 Å². The zero-order valence-corrected chi connectivity index (χ0v) is 8.40. The average molecular weight is 190 g/mol. The minimum absolute atomic E-state index is 0.0719. The van der Waals surface area contributed by atoms with E-state index in [1.807, 2.05) is 50.3 Å². The summed E-state index contributed by atoms with van der Waals surface area (Å²) in [7, 11) is 0. The van der Waals surface area contributed by atoms with Gasteiger partial charge in [0.05, 0.1) is 5.70 Å². The number of hydroxylamine groups is 1. The SMILES string of the molecule is CC1=CC(C)[N+]([O-])(c2ccccc2)N1. The Labute approximate surface area is 83.8 Å². The van der Waals surface area contributed by atoms with Crippen LogP contribution in [-0.2, 0) is 0 Å². The summed E-state index contributed by atoms with van der Waals surface area (Å²) in [6, 6.07) is 9.31. The van der Waals surface area contributed by atoms with Gasteiger partial charge in [-0.2, -0.15) is 0 Å². The molecule has 2 atom stereocenters. The summed E-state index contributed by atoms with van der Waals surface area (Å²) in [5, 5.41) is 12.4. The molecular weight excluding hydrogens is 176 g/mol. The first-order valence-corrected chi connectivity index (χ1v) is 4.75. The maximum atomic E-state index is 12.4. The molecule has 74 valence electrons. The van der Waals surface area contributed by atoms with E-state index >= 15 is 0 Å². The van der Waals surface area contributed by atoms with Gasteiger partial charge < -0.3 is 5.21 Å². The second-order valence-corrected chi connectivity index (χ2v) is 3.70. The second kappa shape index (κ2) is 3.12. The zero-order valence-electron chi connectivity index (χ0n) is 8.40. The van der Waals surface area contributed by atoms with E-state index in [0.717, 1.165) is 11.4 Å². The molecule has 2 unspecified atom stereocenters. The molecule has 0 spiro atoms. The molecule has 1 heterocycles. The molecule has 0 aliphatic carbocycles. The van der Waals surface area contributed by atoms with Crippen molar-refractivity contribution in [3.05, 3.63) is 47.3 Å². The number of hydrogen-bond donors (Lipinski definition) is 1. The zero-order chi connectivity index (χ0) is 10.2. The summed E-state index contributed by atoms with van der Waals surface area (Å²) < 4.78 is -0.479. The van der Waals surface area contributed by atoms with Gasteiger partial charge in [0.25, 0.3) is 0 Å². The predicted octanol–water partition coefficient (Wildman–Crippen LogP) is 2.30. The summed E-state index contributed by atoms with van der Waals surface area (Å²) in [6.07, 6.45) is 1.96. The molecule has 1 aromatic carbocycles. The van der Waals surface area contributed by atoms with Crippen molar-refractivity contribution in [1.29, 1.82) is 0 Å². The lowest BCUT2D eigenvalue weighted by Crippen LogP contribution is -2.54. The molecule has 0 amide bonds. The Bertz CT molecular complexity index is 361. The minimum Gasteiger partial charge on any atom is -0.601 e. The molecule has 0 fully saturated rings. The van der Waals surface area contributed by atoms with E-state index in [1.165, 1.54) is 0 Å². The Balaban J connectivity index is 2.36. The van der Waals surface area contributed by atoms with E-state index in [2.05, 4.69) is 5.43 Å². The molecular formula is C11H14N2O. The maximum Gasteiger partial charge on any atom is 0.157 e. The molecule has 0 saturated heterocycles. The monoisotopic (exact) mass is 190 g/mol. The molecule has 2 rings (SSSR count). The fourth-order valence-corrected chi connectivity index (χ4v) is 1.82. The molecule has 0 radical (unpaired) electrons. The molecule has 1 aliphatic rings. The van der Waals surface area contributed by atoms with Gasteiger partial charge in [-0.3, -0.25) is 0 Å². The van der Waals surface area contributed by atoms with Crippen molar-refractivity contribution in [2.75, 3.05) is 0 Å². The highest BCUT2D eigenvalue weighted by Crippen LogP contribution is 2.27. The van der Waals surface area contributed by atoms with Crippen LogP contribution in [0, 0.1) is 5.21 Å². The van der Waals surface area contributed by atoms with E-state index in [4.69, 9.17) is 0 Å². The third-order valence-corrected chi connectivity index (χ3v) is 2.55. The first kappa shape index (κ1) is 9.24. The maximum absolute atomic E-state index is 12.4. The van der Waals surface area contributed by atoms with Crippen molar-refractivity contribution < 1.29 is 0 Å². The van der Waals surface area contributed by atoms with E-state index in [9.17, 15) is 5.21 Å². The Morgan fingerprint density at radius 2 is 1.93 bits per heavy atom. The van der Waals surface area contributed by atoms with Crippen molar-refractivity contribution in [2.45, 2.75) is 19.9 Å². The van der Waals surface area contributed by atoms with Crippen LogP contribution in [0.1, 0.15) is 13.8 Å². The Kier molecular flexibility index (Phi) is 2.06. The smallest absolute Gasteiger partial charge is 0.157 e. The third-order valence-electron chi connectivity index (χ3n) is 2.55. The molecule has 1 aromatic rings. The minimum atomic E-state index is -0.479. The number of para-hydroxylation sites is 1. The van der Waals surface area contributed by atoms with Gasteiger partial charge >= 0.3 is 0 Å². The van der Waals surface area contributed by atoms with Gasteiger partial charge in [-0.25, -0.2) is 10.2 Å². The molecule has 3 nitrogen and oxygen atoms in total. The van der Waals surface area contributed by atoms with E-state index in [0.29, 0.717) is 0 Å². The number of allylic oxidation sites excluding steroid dienone is 1. The fourth-order valence-electron chi connectivity index (χ4n) is 1.82. The number of rotatable bonds is 1. The highest BCUT2D eigenvalue weighted by Gasteiger charge is 2.32. The van der Waals surface area contributed by atoms with Crippen molar-refractivity contribution in [3.8, 4) is 0 Å². The van der Waals surface area contributed by atoms with E-state index in [1.54, 1.807) is 0 Å². The van der Waals surface area contributed by atoms with Crippen molar-refractivity contribution in [1.82, 2.24) is 10.2 Å². The van der Waals surface area contributed by atoms with Crippen LogP contribution in [0.25, 0.3) is 0 Å². The van der Waals surface area contributed by atoms with Gasteiger partial charge in [-0.15, -0.1) is 0 Å². The predicted molar refractivity (Wildman–Crippen MR) is 58.0 cm³/mol. The summed E-state index contributed by atoms with van der Waals surface area (Å²) >= 11 is 0. The standard InChI is InChI=1S/C11H14N2O/c1-9-8-10(2)13(14,12-9)11-6-4-3-5-7-11/h3-8,10,12H,1-2H3. The average Bonchev–Trinajstić information content (AvgIpc) is 2.43. The lowest BCUT2D eigenvalue weighted by atomic mass is 10.2. The first-order chi connectivity index (χ1) is 6.63. The third kappa shape index (κ3) is 1.31. The highest BCUT2D eigenvalue weighted by atomic mass is 16.6. The van der Waals surface area contributed by atoms with Crippen LogP contribution in [0.2, 0.25) is 0 Å². The van der Waals surface area contributed by atoms with Crippen LogP contribution >= 0.6 is 0 Å². The quantitative estimate of drug-likeness (QED) is 0.544. The Morgan fingerprint density at radius 1 is 1.29 bits per heavy atom. The first-order valence-electron chi connectivity index (χ1n) is 4.75. The van der Waals surface area contributed by atoms with Crippen molar-refractivity contribution in [2.24, 2.45) is 0 Å². The number of benzene rings is 1. The van der Waals surface area contributed by atoms with E-state index in [-0.39, 0.29) is 6.04 Å². The summed E-state index contributed by atoms with van der Waals surface area (Å²) in [5.41, 5.74) is 4.62. The van der Waals surface area contributed by atoms with Crippen molar-refractivity contribution in [3.63, 3.8) is 0 Å². The van der Waals surface area contributed by atoms with Crippen LogP contribution in [-0.4, -0.2) is 6.04 Å². The van der Waals surface area contributed by atoms with Crippen LogP contribution in [0.3, 0.4) is 0 Å². The topological polar surface area (TPSA) is 35.1 Å². The molecule has 1 aliphatic heterocycles. The lowest BCUT2D eigenvalue weighted by molar-refractivity contribution is 0.297. The molecule has 14 heavy (non-hydrogen) atoms. The summed E-state index contributed by atoms with van der Waals surface area (Å²) in [5.74, 6) is 0. The van der Waals surface area contributed by atoms with Gasteiger partial charge in [0.2, 0.25) is 0 Å². The summed E-state index contributed by atoms with van der Waals surface area (Å²) in [4.78, 5) is 0. The number of hydrogen-bond acceptors (Lipinski definition) is 2. The normalized spacial score (nSPS) is 31.1. The lowest BCUT2D eigenvalue weighted by Gasteiger charge is -2.41. The fraction of sp³-hybridized carbons (Fsp3) is 0.273. The van der Waals surface area contributed by atoms with Gasteiger partial charge in [0.1, 0.15) is 6.04 Å². The molecule has 0 bridgehead atoms. The van der Waals surface area contributed by atoms with E-state index < -0.39 is 4.76 Å². The van der Waals surface area contributed by atoms with Crippen LogP contribution < -0.4 is 10.2 Å². The Morgan fingerprint density at radius 3 is 2.43 bits per heavy atom. The molecule has 3 heteroatoms.